The van der Waals surface area contributed by atoms with Crippen molar-refractivity contribution in [3.63, 3.8) is 0 Å². The van der Waals surface area contributed by atoms with Gasteiger partial charge < -0.3 is 11.1 Å². The van der Waals surface area contributed by atoms with Crippen LogP contribution in [0.25, 0.3) is 0 Å². The van der Waals surface area contributed by atoms with Crippen molar-refractivity contribution in [2.75, 3.05) is 19.6 Å². The highest BCUT2D eigenvalue weighted by Crippen LogP contribution is 1.86. The van der Waals surface area contributed by atoms with Crippen molar-refractivity contribution in [3.05, 3.63) is 0 Å². The summed E-state index contributed by atoms with van der Waals surface area (Å²) in [5, 5.41) is 5.96. The van der Waals surface area contributed by atoms with Crippen LogP contribution in [0.3, 0.4) is 0 Å². The fourth-order valence-electron chi connectivity index (χ4n) is 1.00. The van der Waals surface area contributed by atoms with Gasteiger partial charge in [0.15, 0.2) is 11.9 Å². The lowest BCUT2D eigenvalue weighted by atomic mass is 10.3. The summed E-state index contributed by atoms with van der Waals surface area (Å²) >= 11 is 0. The summed E-state index contributed by atoms with van der Waals surface area (Å²) in [6.07, 6.45) is 2.21. The van der Waals surface area contributed by atoms with Gasteiger partial charge in [0.05, 0.1) is 6.54 Å². The average molecular weight is 183 g/mol. The molecule has 5 heteroatoms. The van der Waals surface area contributed by atoms with Crippen LogP contribution in [0.4, 0.5) is 0 Å². The molecule has 0 aromatic rings. The molecule has 1 rings (SSSR count). The lowest BCUT2D eigenvalue weighted by Crippen LogP contribution is -2.42. The van der Waals surface area contributed by atoms with E-state index in [0.717, 1.165) is 38.4 Å². The first-order valence-corrected chi connectivity index (χ1v) is 4.68. The number of nitrogens with two attached hydrogens (primary N) is 1. The van der Waals surface area contributed by atoms with Crippen LogP contribution < -0.4 is 16.4 Å². The van der Waals surface area contributed by atoms with Crippen molar-refractivity contribution in [1.82, 2.24) is 10.6 Å². The van der Waals surface area contributed by atoms with Crippen LogP contribution in [-0.2, 0) is 0 Å². The van der Waals surface area contributed by atoms with E-state index in [1.165, 1.54) is 0 Å². The Labute approximate surface area is 78.5 Å². The van der Waals surface area contributed by atoms with Crippen molar-refractivity contribution in [2.45, 2.75) is 19.8 Å². The Morgan fingerprint density at radius 1 is 1.77 bits per heavy atom. The summed E-state index contributed by atoms with van der Waals surface area (Å²) in [5.41, 5.74) is 5.61. The topological polar surface area (TPSA) is 74.8 Å². The van der Waals surface area contributed by atoms with Crippen molar-refractivity contribution in [2.24, 2.45) is 15.7 Å². The standard InChI is InChI=1S/C8H17N5/c1-2-3-4-10-7(9)13-8-11-5-6-12-8/h2-6H2,1H3,(H4,9,10,11,12,13). The third-order valence-electron chi connectivity index (χ3n) is 1.71. The number of aliphatic imine (C=N–C) groups is 2. The molecule has 0 atom stereocenters. The number of nitrogens with zero attached hydrogens (tertiary/aromatic N) is 2. The van der Waals surface area contributed by atoms with Gasteiger partial charge in [-0.1, -0.05) is 13.3 Å². The van der Waals surface area contributed by atoms with Crippen molar-refractivity contribution < 1.29 is 0 Å². The highest BCUT2D eigenvalue weighted by molar-refractivity contribution is 5.98. The summed E-state index contributed by atoms with van der Waals surface area (Å²) in [6.45, 7) is 4.60. The molecule has 0 radical (unpaired) electrons. The van der Waals surface area contributed by atoms with Gasteiger partial charge in [0, 0.05) is 13.1 Å². The molecule has 0 aromatic heterocycles. The molecule has 0 saturated carbocycles. The Balaban J connectivity index is 2.22. The third kappa shape index (κ3) is 3.78. The number of guanidine groups is 2. The van der Waals surface area contributed by atoms with Gasteiger partial charge in [0.2, 0.25) is 0 Å². The zero-order valence-electron chi connectivity index (χ0n) is 8.01. The van der Waals surface area contributed by atoms with Crippen LogP contribution in [0.5, 0.6) is 0 Å². The van der Waals surface area contributed by atoms with E-state index in [9.17, 15) is 0 Å². The lowest BCUT2D eigenvalue weighted by molar-refractivity contribution is 0.804. The van der Waals surface area contributed by atoms with Crippen LogP contribution in [0.15, 0.2) is 9.98 Å². The first-order chi connectivity index (χ1) is 6.33. The minimum absolute atomic E-state index is 0.446. The Hall–Kier alpha value is -1.26. The van der Waals surface area contributed by atoms with E-state index in [-0.39, 0.29) is 0 Å². The maximum Gasteiger partial charge on any atom is 0.198 e. The smallest absolute Gasteiger partial charge is 0.198 e. The maximum absolute atomic E-state index is 5.61. The normalized spacial score (nSPS) is 16.7. The molecule has 0 spiro atoms. The van der Waals surface area contributed by atoms with Gasteiger partial charge in [-0.3, -0.25) is 15.3 Å². The van der Waals surface area contributed by atoms with E-state index in [0.29, 0.717) is 5.96 Å². The van der Waals surface area contributed by atoms with Crippen LogP contribution in [0.2, 0.25) is 0 Å². The highest BCUT2D eigenvalue weighted by atomic mass is 15.3. The SMILES string of the molecule is CCCCN=C(N)NC1=NCCN1. The van der Waals surface area contributed by atoms with Gasteiger partial charge >= 0.3 is 0 Å². The molecule has 0 aliphatic carbocycles. The number of unbranched alkanes of at least 4 members (excludes halogenated alkanes) is 1. The highest BCUT2D eigenvalue weighted by Gasteiger charge is 2.04. The molecule has 4 N–H and O–H groups in total. The summed E-state index contributed by atoms with van der Waals surface area (Å²) in [5.74, 6) is 1.18. The second kappa shape index (κ2) is 5.40. The lowest BCUT2D eigenvalue weighted by Gasteiger charge is -2.04. The number of hydrogen-bond acceptors (Lipinski definition) is 3. The van der Waals surface area contributed by atoms with Crippen molar-refractivity contribution in [3.8, 4) is 0 Å². The molecule has 0 saturated heterocycles. The molecule has 0 bridgehead atoms. The first-order valence-electron chi connectivity index (χ1n) is 4.68. The Morgan fingerprint density at radius 3 is 3.23 bits per heavy atom. The number of hydrogen-bond donors (Lipinski definition) is 3. The van der Waals surface area contributed by atoms with Gasteiger partial charge in [-0.05, 0) is 6.42 Å². The zero-order chi connectivity index (χ0) is 9.52. The molecule has 74 valence electrons. The fourth-order valence-corrected chi connectivity index (χ4v) is 1.00. The van der Waals surface area contributed by atoms with Crippen LogP contribution in [0.1, 0.15) is 19.8 Å². The molecule has 1 aliphatic rings. The van der Waals surface area contributed by atoms with Crippen LogP contribution >= 0.6 is 0 Å². The van der Waals surface area contributed by atoms with Crippen LogP contribution in [0, 0.1) is 0 Å². The summed E-state index contributed by atoms with van der Waals surface area (Å²) in [7, 11) is 0. The molecule has 0 aromatic carbocycles. The molecule has 5 nitrogen and oxygen atoms in total. The Bertz CT molecular complexity index is 209. The van der Waals surface area contributed by atoms with Gasteiger partial charge in [0.25, 0.3) is 0 Å². The van der Waals surface area contributed by atoms with E-state index in [1.54, 1.807) is 0 Å². The van der Waals surface area contributed by atoms with E-state index in [1.807, 2.05) is 0 Å². The van der Waals surface area contributed by atoms with Crippen molar-refractivity contribution in [1.29, 1.82) is 0 Å². The summed E-state index contributed by atoms with van der Waals surface area (Å²) < 4.78 is 0. The molecule has 0 fully saturated rings. The molecular weight excluding hydrogens is 166 g/mol. The van der Waals surface area contributed by atoms with Gasteiger partial charge in [-0.2, -0.15) is 0 Å². The summed E-state index contributed by atoms with van der Waals surface area (Å²) in [4.78, 5) is 8.28. The number of rotatable bonds is 3. The molecule has 1 heterocycles. The monoisotopic (exact) mass is 183 g/mol. The maximum atomic E-state index is 5.61. The second-order valence-electron chi connectivity index (χ2n) is 2.90. The largest absolute Gasteiger partial charge is 0.370 e. The quantitative estimate of drug-likeness (QED) is 0.318. The molecule has 0 unspecified atom stereocenters. The number of nitrogens with one attached hydrogen (secondary N) is 2. The van der Waals surface area contributed by atoms with Crippen LogP contribution in [-0.4, -0.2) is 31.6 Å². The summed E-state index contributed by atoms with van der Waals surface area (Å²) in [6, 6.07) is 0. The average Bonchev–Trinajstić information content (AvgIpc) is 2.57. The minimum atomic E-state index is 0.446. The first kappa shape index (κ1) is 9.83. The predicted octanol–water partition coefficient (Wildman–Crippen LogP) is -0.350. The predicted molar refractivity (Wildman–Crippen MR) is 54.8 cm³/mol. The molecule has 1 aliphatic heterocycles. The molecule has 13 heavy (non-hydrogen) atoms. The van der Waals surface area contributed by atoms with Gasteiger partial charge in [-0.25, -0.2) is 0 Å². The fraction of sp³-hybridized carbons (Fsp3) is 0.750. The zero-order valence-corrected chi connectivity index (χ0v) is 8.01. The second-order valence-corrected chi connectivity index (χ2v) is 2.90. The molecular formula is C8H17N5. The van der Waals surface area contributed by atoms with Gasteiger partial charge in [-0.15, -0.1) is 0 Å². The van der Waals surface area contributed by atoms with E-state index < -0.39 is 0 Å². The molecule has 0 amide bonds. The van der Waals surface area contributed by atoms with Gasteiger partial charge in [0.1, 0.15) is 0 Å². The minimum Gasteiger partial charge on any atom is -0.370 e. The van der Waals surface area contributed by atoms with E-state index in [2.05, 4.69) is 27.5 Å². The Morgan fingerprint density at radius 2 is 2.62 bits per heavy atom. The Kier molecular flexibility index (Phi) is 4.08. The van der Waals surface area contributed by atoms with E-state index in [4.69, 9.17) is 5.73 Å². The van der Waals surface area contributed by atoms with Crippen molar-refractivity contribution >= 4 is 11.9 Å². The third-order valence-corrected chi connectivity index (χ3v) is 1.71. The van der Waals surface area contributed by atoms with E-state index >= 15 is 0 Å².